The molecule has 1 aromatic carbocycles. The van der Waals surface area contributed by atoms with E-state index < -0.39 is 20.7 Å². The van der Waals surface area contributed by atoms with Gasteiger partial charge in [0.25, 0.3) is 0 Å². The minimum atomic E-state index is -3.23. The van der Waals surface area contributed by atoms with Crippen LogP contribution >= 0.6 is 0 Å². The Morgan fingerprint density at radius 1 is 1.31 bits per heavy atom. The van der Waals surface area contributed by atoms with E-state index in [0.717, 1.165) is 5.56 Å². The number of aryl methyl sites for hydroxylation is 1. The zero-order chi connectivity index (χ0) is 12.0. The molecule has 0 spiro atoms. The van der Waals surface area contributed by atoms with Gasteiger partial charge in [0.15, 0.2) is 9.84 Å². The maximum Gasteiger partial charge on any atom is 0.184 e. The van der Waals surface area contributed by atoms with E-state index in [2.05, 4.69) is 0 Å². The van der Waals surface area contributed by atoms with Crippen LogP contribution in [0.4, 0.5) is 0 Å². The highest BCUT2D eigenvalue weighted by atomic mass is 32.2. The second-order valence-corrected chi connectivity index (χ2v) is 6.70. The van der Waals surface area contributed by atoms with Crippen molar-refractivity contribution in [3.63, 3.8) is 0 Å². The third kappa shape index (κ3) is 1.76. The summed E-state index contributed by atoms with van der Waals surface area (Å²) in [6.45, 7) is 3.77. The van der Waals surface area contributed by atoms with E-state index >= 15 is 0 Å². The number of methoxy groups -OCH3 is 1. The Kier molecular flexibility index (Phi) is 2.59. The smallest absolute Gasteiger partial charge is 0.184 e. The average Bonchev–Trinajstić information content (AvgIpc) is 2.93. The molecule has 0 amide bonds. The largest absolute Gasteiger partial charge is 0.377 e. The molecule has 0 radical (unpaired) electrons. The van der Waals surface area contributed by atoms with Crippen LogP contribution in [0.25, 0.3) is 0 Å². The van der Waals surface area contributed by atoms with Gasteiger partial charge in [0.05, 0.1) is 15.7 Å². The summed E-state index contributed by atoms with van der Waals surface area (Å²) in [7, 11) is -1.67. The van der Waals surface area contributed by atoms with E-state index in [9.17, 15) is 8.42 Å². The van der Waals surface area contributed by atoms with E-state index in [0.29, 0.717) is 11.3 Å². The monoisotopic (exact) mass is 240 g/mol. The third-order valence-electron chi connectivity index (χ3n) is 3.30. The molecule has 0 bridgehead atoms. The quantitative estimate of drug-likeness (QED) is 0.811. The summed E-state index contributed by atoms with van der Waals surface area (Å²) >= 11 is 0. The number of rotatable bonds is 3. The van der Waals surface area contributed by atoms with Crippen molar-refractivity contribution < 1.29 is 13.2 Å². The second-order valence-electron chi connectivity index (χ2n) is 4.57. The number of benzene rings is 1. The lowest BCUT2D eigenvalue weighted by Crippen LogP contribution is -2.19. The predicted octanol–water partition coefficient (Wildman–Crippen LogP) is 1.95. The number of ether oxygens (including phenoxy) is 1. The maximum atomic E-state index is 12.2. The van der Waals surface area contributed by atoms with E-state index in [1.54, 1.807) is 19.2 Å². The van der Waals surface area contributed by atoms with Crippen molar-refractivity contribution in [3.05, 3.63) is 29.8 Å². The second kappa shape index (κ2) is 3.57. The van der Waals surface area contributed by atoms with E-state index in [1.807, 2.05) is 26.0 Å². The van der Waals surface area contributed by atoms with Crippen molar-refractivity contribution in [2.75, 3.05) is 7.11 Å². The first-order valence-corrected chi connectivity index (χ1v) is 6.80. The van der Waals surface area contributed by atoms with Gasteiger partial charge < -0.3 is 4.74 Å². The van der Waals surface area contributed by atoms with E-state index in [1.165, 1.54) is 0 Å². The molecule has 1 fully saturated rings. The minimum Gasteiger partial charge on any atom is -0.377 e. The van der Waals surface area contributed by atoms with Gasteiger partial charge in [0, 0.05) is 7.11 Å². The Balaban J connectivity index is 2.31. The predicted molar refractivity (Wildman–Crippen MR) is 62.2 cm³/mol. The van der Waals surface area contributed by atoms with Crippen LogP contribution in [-0.4, -0.2) is 26.4 Å². The fraction of sp³-hybridized carbons (Fsp3) is 0.500. The summed E-state index contributed by atoms with van der Waals surface area (Å²) in [5.41, 5.74) is 0.563. The number of sulfone groups is 1. The molecule has 16 heavy (non-hydrogen) atoms. The van der Waals surface area contributed by atoms with Crippen LogP contribution in [0.3, 0.4) is 0 Å². The van der Waals surface area contributed by atoms with Crippen molar-refractivity contribution >= 4 is 9.84 Å². The normalized spacial score (nSPS) is 29.1. The van der Waals surface area contributed by atoms with Gasteiger partial charge in [-0.25, -0.2) is 8.42 Å². The Morgan fingerprint density at radius 3 is 2.31 bits per heavy atom. The molecule has 0 saturated heterocycles. The summed E-state index contributed by atoms with van der Waals surface area (Å²) in [6.07, 6.45) is 0.583. The zero-order valence-corrected chi connectivity index (χ0v) is 10.5. The third-order valence-corrected chi connectivity index (χ3v) is 5.65. The van der Waals surface area contributed by atoms with Gasteiger partial charge in [-0.1, -0.05) is 17.7 Å². The van der Waals surface area contributed by atoms with Crippen LogP contribution in [-0.2, 0) is 14.6 Å². The van der Waals surface area contributed by atoms with Crippen LogP contribution in [0.2, 0.25) is 0 Å². The van der Waals surface area contributed by atoms with Crippen molar-refractivity contribution in [1.29, 1.82) is 0 Å². The van der Waals surface area contributed by atoms with Gasteiger partial charge in [0.1, 0.15) is 0 Å². The van der Waals surface area contributed by atoms with Gasteiger partial charge in [-0.2, -0.15) is 0 Å². The van der Waals surface area contributed by atoms with Gasteiger partial charge in [0.2, 0.25) is 0 Å². The molecule has 2 atom stereocenters. The first-order chi connectivity index (χ1) is 7.40. The standard InChI is InChI=1S/C12H16O3S/c1-9-4-6-10(7-5-9)16(13,14)11-8-12(11,2)15-3/h4-7,11H,8H2,1-3H3. The van der Waals surface area contributed by atoms with Crippen LogP contribution in [0.5, 0.6) is 0 Å². The first kappa shape index (κ1) is 11.6. The van der Waals surface area contributed by atoms with Gasteiger partial charge in [-0.15, -0.1) is 0 Å². The van der Waals surface area contributed by atoms with E-state index in [4.69, 9.17) is 4.74 Å². The molecule has 1 aliphatic rings. The molecule has 2 unspecified atom stereocenters. The highest BCUT2D eigenvalue weighted by Crippen LogP contribution is 2.46. The molecule has 3 nitrogen and oxygen atoms in total. The molecule has 0 aliphatic heterocycles. The van der Waals surface area contributed by atoms with Gasteiger partial charge in [-0.05, 0) is 32.4 Å². The molecule has 0 N–H and O–H groups in total. The lowest BCUT2D eigenvalue weighted by Gasteiger charge is -2.09. The van der Waals surface area contributed by atoms with Crippen LogP contribution < -0.4 is 0 Å². The highest BCUT2D eigenvalue weighted by molar-refractivity contribution is 7.92. The highest BCUT2D eigenvalue weighted by Gasteiger charge is 2.58. The van der Waals surface area contributed by atoms with Crippen molar-refractivity contribution in [2.24, 2.45) is 0 Å². The Hall–Kier alpha value is -0.870. The van der Waals surface area contributed by atoms with Crippen LogP contribution in [0.1, 0.15) is 18.9 Å². The lowest BCUT2D eigenvalue weighted by molar-refractivity contribution is 0.0977. The van der Waals surface area contributed by atoms with E-state index in [-0.39, 0.29) is 0 Å². The maximum absolute atomic E-state index is 12.2. The zero-order valence-electron chi connectivity index (χ0n) is 9.73. The Morgan fingerprint density at radius 2 is 1.88 bits per heavy atom. The lowest BCUT2D eigenvalue weighted by atomic mass is 10.2. The fourth-order valence-electron chi connectivity index (χ4n) is 1.85. The topological polar surface area (TPSA) is 43.4 Å². The van der Waals surface area contributed by atoms with Crippen molar-refractivity contribution in [3.8, 4) is 0 Å². The fourth-order valence-corrected chi connectivity index (χ4v) is 4.00. The van der Waals surface area contributed by atoms with Gasteiger partial charge in [-0.3, -0.25) is 0 Å². The first-order valence-electron chi connectivity index (χ1n) is 5.26. The minimum absolute atomic E-state index is 0.392. The molecule has 1 saturated carbocycles. The molecular formula is C12H16O3S. The summed E-state index contributed by atoms with van der Waals surface area (Å²) in [4.78, 5) is 0.392. The molecule has 1 aliphatic carbocycles. The number of hydrogen-bond acceptors (Lipinski definition) is 3. The summed E-state index contributed by atoms with van der Waals surface area (Å²) in [6, 6.07) is 6.97. The SMILES string of the molecule is COC1(C)CC1S(=O)(=O)c1ccc(C)cc1. The Bertz CT molecular complexity index is 490. The van der Waals surface area contributed by atoms with Crippen LogP contribution in [0.15, 0.2) is 29.2 Å². The Labute approximate surface area is 96.4 Å². The molecule has 88 valence electrons. The van der Waals surface area contributed by atoms with Gasteiger partial charge >= 0.3 is 0 Å². The molecule has 0 heterocycles. The molecule has 4 heteroatoms. The molecule has 1 aromatic rings. The molecular weight excluding hydrogens is 224 g/mol. The molecule has 2 rings (SSSR count). The molecule has 0 aromatic heterocycles. The summed E-state index contributed by atoms with van der Waals surface area (Å²) in [5.74, 6) is 0. The van der Waals surface area contributed by atoms with Crippen molar-refractivity contribution in [1.82, 2.24) is 0 Å². The average molecular weight is 240 g/mol. The van der Waals surface area contributed by atoms with Crippen LogP contribution in [0, 0.1) is 6.92 Å². The summed E-state index contributed by atoms with van der Waals surface area (Å²) < 4.78 is 29.6. The number of hydrogen-bond donors (Lipinski definition) is 0. The summed E-state index contributed by atoms with van der Waals surface area (Å²) in [5, 5.41) is -0.396. The van der Waals surface area contributed by atoms with Crippen molar-refractivity contribution in [2.45, 2.75) is 36.0 Å².